The second-order valence-corrected chi connectivity index (χ2v) is 6.64. The molecule has 1 aromatic carbocycles. The molecule has 0 aliphatic heterocycles. The van der Waals surface area contributed by atoms with Crippen LogP contribution in [0.3, 0.4) is 0 Å². The SMILES string of the molecule is O=S(=O)(CCC(F)(F)C(F)(F)C(F)F)Cc1ccccc1. The predicted octanol–water partition coefficient (Wildman–Crippen LogP) is 3.53. The van der Waals surface area contributed by atoms with Crippen molar-refractivity contribution in [3.05, 3.63) is 35.9 Å². The van der Waals surface area contributed by atoms with E-state index in [0.29, 0.717) is 5.56 Å². The zero-order chi connectivity index (χ0) is 16.3. The normalized spacial score (nSPS) is 13.7. The summed E-state index contributed by atoms with van der Waals surface area (Å²) in [5, 5.41) is 0. The highest BCUT2D eigenvalue weighted by atomic mass is 32.2. The van der Waals surface area contributed by atoms with Crippen LogP contribution >= 0.6 is 0 Å². The van der Waals surface area contributed by atoms with E-state index in [1.54, 1.807) is 6.07 Å². The van der Waals surface area contributed by atoms with Gasteiger partial charge in [0.1, 0.15) is 0 Å². The lowest BCUT2D eigenvalue weighted by atomic mass is 10.1. The van der Waals surface area contributed by atoms with E-state index in [2.05, 4.69) is 0 Å². The van der Waals surface area contributed by atoms with E-state index < -0.39 is 46.0 Å². The molecular formula is C12H12F6O2S. The number of benzene rings is 1. The molecule has 0 saturated carbocycles. The van der Waals surface area contributed by atoms with Crippen LogP contribution in [-0.2, 0) is 15.6 Å². The van der Waals surface area contributed by atoms with Crippen LogP contribution in [0.2, 0.25) is 0 Å². The Hall–Kier alpha value is -1.25. The second-order valence-electron chi connectivity index (χ2n) is 4.46. The fourth-order valence-electron chi connectivity index (χ4n) is 1.51. The fraction of sp³-hybridized carbons (Fsp3) is 0.500. The lowest BCUT2D eigenvalue weighted by molar-refractivity contribution is -0.263. The molecule has 0 amide bonds. The van der Waals surface area contributed by atoms with Gasteiger partial charge in [-0.3, -0.25) is 0 Å². The minimum Gasteiger partial charge on any atom is -0.228 e. The third-order valence-corrected chi connectivity index (χ3v) is 4.32. The zero-order valence-electron chi connectivity index (χ0n) is 10.6. The molecule has 0 heterocycles. The summed E-state index contributed by atoms with van der Waals surface area (Å²) < 4.78 is 98.3. The fourth-order valence-corrected chi connectivity index (χ4v) is 2.92. The zero-order valence-corrected chi connectivity index (χ0v) is 11.4. The van der Waals surface area contributed by atoms with Gasteiger partial charge < -0.3 is 0 Å². The van der Waals surface area contributed by atoms with Gasteiger partial charge in [-0.1, -0.05) is 30.3 Å². The summed E-state index contributed by atoms with van der Waals surface area (Å²) in [5.74, 6) is -12.6. The van der Waals surface area contributed by atoms with Crippen LogP contribution in [0.15, 0.2) is 30.3 Å². The molecule has 0 aliphatic rings. The van der Waals surface area contributed by atoms with Crippen molar-refractivity contribution in [3.8, 4) is 0 Å². The van der Waals surface area contributed by atoms with Gasteiger partial charge in [-0.05, 0) is 5.56 Å². The molecule has 0 radical (unpaired) electrons. The van der Waals surface area contributed by atoms with Crippen molar-refractivity contribution < 1.29 is 34.8 Å². The molecule has 9 heteroatoms. The summed E-state index contributed by atoms with van der Waals surface area (Å²) >= 11 is 0. The molecule has 0 N–H and O–H groups in total. The van der Waals surface area contributed by atoms with Gasteiger partial charge in [0, 0.05) is 6.42 Å². The summed E-state index contributed by atoms with van der Waals surface area (Å²) in [7, 11) is -4.11. The molecule has 120 valence electrons. The third-order valence-electron chi connectivity index (χ3n) is 2.72. The molecule has 21 heavy (non-hydrogen) atoms. The first-order valence-corrected chi connectivity index (χ1v) is 7.58. The Morgan fingerprint density at radius 2 is 1.52 bits per heavy atom. The van der Waals surface area contributed by atoms with Crippen LogP contribution in [-0.4, -0.2) is 32.4 Å². The average molecular weight is 334 g/mol. The van der Waals surface area contributed by atoms with Gasteiger partial charge >= 0.3 is 18.3 Å². The van der Waals surface area contributed by atoms with Crippen molar-refractivity contribution in [1.82, 2.24) is 0 Å². The minimum atomic E-state index is -5.56. The summed E-state index contributed by atoms with van der Waals surface area (Å²) in [6.07, 6.45) is -6.43. The summed E-state index contributed by atoms with van der Waals surface area (Å²) in [4.78, 5) is 0. The molecular weight excluding hydrogens is 322 g/mol. The van der Waals surface area contributed by atoms with Crippen molar-refractivity contribution in [1.29, 1.82) is 0 Å². The predicted molar refractivity (Wildman–Crippen MR) is 64.4 cm³/mol. The van der Waals surface area contributed by atoms with Gasteiger partial charge in [0.2, 0.25) is 0 Å². The van der Waals surface area contributed by atoms with E-state index >= 15 is 0 Å². The molecule has 0 bridgehead atoms. The molecule has 0 spiro atoms. The number of hydrogen-bond acceptors (Lipinski definition) is 2. The van der Waals surface area contributed by atoms with E-state index in [0.717, 1.165) is 0 Å². The molecule has 2 nitrogen and oxygen atoms in total. The molecule has 1 aromatic rings. The van der Waals surface area contributed by atoms with E-state index in [9.17, 15) is 34.8 Å². The van der Waals surface area contributed by atoms with Gasteiger partial charge in [0.25, 0.3) is 0 Å². The van der Waals surface area contributed by atoms with E-state index in [-0.39, 0.29) is 0 Å². The van der Waals surface area contributed by atoms with Gasteiger partial charge in [0.05, 0.1) is 11.5 Å². The number of rotatable bonds is 7. The van der Waals surface area contributed by atoms with Crippen LogP contribution < -0.4 is 0 Å². The van der Waals surface area contributed by atoms with Crippen LogP contribution in [0.4, 0.5) is 26.3 Å². The maximum atomic E-state index is 13.0. The first-order valence-electron chi connectivity index (χ1n) is 5.76. The summed E-state index contributed by atoms with van der Waals surface area (Å²) in [5.41, 5.74) is 0.293. The minimum absolute atomic E-state index is 0.293. The molecule has 0 atom stereocenters. The smallest absolute Gasteiger partial charge is 0.228 e. The molecule has 1 rings (SSSR count). The Bertz CT molecular complexity index is 556. The highest BCUT2D eigenvalue weighted by Crippen LogP contribution is 2.41. The second kappa shape index (κ2) is 6.25. The van der Waals surface area contributed by atoms with Crippen LogP contribution in [0.25, 0.3) is 0 Å². The van der Waals surface area contributed by atoms with Crippen molar-refractivity contribution in [2.75, 3.05) is 5.75 Å². The lowest BCUT2D eigenvalue weighted by Gasteiger charge is -2.25. The Kier molecular flexibility index (Phi) is 5.30. The van der Waals surface area contributed by atoms with Crippen LogP contribution in [0.5, 0.6) is 0 Å². The standard InChI is InChI=1S/C12H12F6O2S/c13-10(14)12(17,18)11(15,16)6-7-21(19,20)8-9-4-2-1-3-5-9/h1-5,10H,6-8H2. The Labute approximate surface area is 117 Å². The first kappa shape index (κ1) is 17.8. The third kappa shape index (κ3) is 4.62. The van der Waals surface area contributed by atoms with Gasteiger partial charge in [-0.2, -0.15) is 17.6 Å². The molecule has 0 fully saturated rings. The lowest BCUT2D eigenvalue weighted by Crippen LogP contribution is -2.47. The maximum Gasteiger partial charge on any atom is 0.369 e. The maximum absolute atomic E-state index is 13.0. The summed E-state index contributed by atoms with van der Waals surface area (Å²) in [6.45, 7) is 0. The van der Waals surface area contributed by atoms with E-state index in [1.165, 1.54) is 24.3 Å². The van der Waals surface area contributed by atoms with Gasteiger partial charge in [-0.15, -0.1) is 0 Å². The average Bonchev–Trinajstić information content (AvgIpc) is 2.37. The summed E-state index contributed by atoms with van der Waals surface area (Å²) in [6, 6.07) is 7.48. The van der Waals surface area contributed by atoms with Crippen LogP contribution in [0.1, 0.15) is 12.0 Å². The number of sulfone groups is 1. The quantitative estimate of drug-likeness (QED) is 0.715. The highest BCUT2D eigenvalue weighted by molar-refractivity contribution is 7.90. The highest BCUT2D eigenvalue weighted by Gasteiger charge is 2.62. The number of halogens is 6. The molecule has 0 unspecified atom stereocenters. The van der Waals surface area contributed by atoms with Crippen molar-refractivity contribution in [2.24, 2.45) is 0 Å². The topological polar surface area (TPSA) is 34.1 Å². The Morgan fingerprint density at radius 3 is 2.00 bits per heavy atom. The van der Waals surface area contributed by atoms with Gasteiger partial charge in [0.15, 0.2) is 9.84 Å². The number of hydrogen-bond donors (Lipinski definition) is 0. The van der Waals surface area contributed by atoms with Crippen molar-refractivity contribution in [2.45, 2.75) is 30.4 Å². The van der Waals surface area contributed by atoms with Gasteiger partial charge in [-0.25, -0.2) is 17.2 Å². The van der Waals surface area contributed by atoms with E-state index in [4.69, 9.17) is 0 Å². The number of alkyl halides is 6. The van der Waals surface area contributed by atoms with Crippen LogP contribution in [0, 0.1) is 0 Å². The Morgan fingerprint density at radius 1 is 1.00 bits per heavy atom. The van der Waals surface area contributed by atoms with Crippen molar-refractivity contribution in [3.63, 3.8) is 0 Å². The largest absolute Gasteiger partial charge is 0.369 e. The van der Waals surface area contributed by atoms with E-state index in [1.807, 2.05) is 0 Å². The molecule has 0 aromatic heterocycles. The monoisotopic (exact) mass is 334 g/mol. The first-order chi connectivity index (χ1) is 9.48. The molecule has 0 saturated heterocycles. The Balaban J connectivity index is 2.73. The van der Waals surface area contributed by atoms with Crippen molar-refractivity contribution >= 4 is 9.84 Å². The molecule has 0 aliphatic carbocycles.